The number of hydrogen-bond donors (Lipinski definition) is 1. The molecule has 0 atom stereocenters. The lowest BCUT2D eigenvalue weighted by Crippen LogP contribution is -1.91. The highest BCUT2D eigenvalue weighted by molar-refractivity contribution is 6.16. The first-order valence-electron chi connectivity index (χ1n) is 4.10. The molecule has 0 radical (unpaired) electrons. The fourth-order valence-electron chi connectivity index (χ4n) is 0.905. The summed E-state index contributed by atoms with van der Waals surface area (Å²) in [5, 5.41) is 3.97. The van der Waals surface area contributed by atoms with Gasteiger partial charge in [0.2, 0.25) is 0 Å². The third-order valence-electron chi connectivity index (χ3n) is 1.62. The van der Waals surface area contributed by atoms with Crippen molar-refractivity contribution < 1.29 is 0 Å². The molecule has 1 rings (SSSR count). The molecule has 0 amide bonds. The summed E-state index contributed by atoms with van der Waals surface area (Å²) in [7, 11) is 1.71. The van der Waals surface area contributed by atoms with Crippen molar-refractivity contribution in [3.63, 3.8) is 0 Å². The molecular weight excluding hydrogens is 162 g/mol. The first-order valence-corrected chi connectivity index (χ1v) is 4.10. The van der Waals surface area contributed by atoms with Gasteiger partial charge in [0, 0.05) is 13.3 Å². The van der Waals surface area contributed by atoms with Gasteiger partial charge in [-0.2, -0.15) is 5.10 Å². The highest BCUT2D eigenvalue weighted by Crippen LogP contribution is 2.12. The minimum absolute atomic E-state index is 1.02. The molecule has 0 heterocycles. The largest absolute Gasteiger partial charge is 0.295 e. The minimum atomic E-state index is 1.02. The summed E-state index contributed by atoms with van der Waals surface area (Å²) in [6, 6.07) is 7.98. The lowest BCUT2D eigenvalue weighted by molar-refractivity contribution is 1.31. The van der Waals surface area contributed by atoms with Crippen LogP contribution < -0.4 is 5.43 Å². The van der Waals surface area contributed by atoms with E-state index in [0.717, 1.165) is 5.69 Å². The van der Waals surface area contributed by atoms with E-state index in [1.165, 1.54) is 5.56 Å². The number of nitrogens with zero attached hydrogens (tertiary/aromatic N) is 2. The van der Waals surface area contributed by atoms with Crippen molar-refractivity contribution in [3.05, 3.63) is 29.8 Å². The molecule has 0 bridgehead atoms. The van der Waals surface area contributed by atoms with E-state index in [4.69, 9.17) is 0 Å². The standard InChI is InChI=1S/C10H13N3/c1-9-5-3-4-6-10(9)13-12-8-7-11-2/h3-8,13H,1-2H3/b11-7-,12-8-. The Morgan fingerprint density at radius 3 is 2.69 bits per heavy atom. The number of para-hydroxylation sites is 1. The van der Waals surface area contributed by atoms with E-state index < -0.39 is 0 Å². The zero-order valence-electron chi connectivity index (χ0n) is 7.86. The van der Waals surface area contributed by atoms with Crippen molar-refractivity contribution in [3.8, 4) is 0 Å². The number of anilines is 1. The summed E-state index contributed by atoms with van der Waals surface area (Å²) in [5.74, 6) is 0. The van der Waals surface area contributed by atoms with Crippen LogP contribution in [0.2, 0.25) is 0 Å². The van der Waals surface area contributed by atoms with E-state index in [9.17, 15) is 0 Å². The van der Waals surface area contributed by atoms with Gasteiger partial charge in [0.1, 0.15) is 0 Å². The van der Waals surface area contributed by atoms with Crippen LogP contribution in [0.4, 0.5) is 5.69 Å². The second-order valence-corrected chi connectivity index (χ2v) is 2.61. The molecule has 68 valence electrons. The molecule has 1 aromatic rings. The van der Waals surface area contributed by atoms with E-state index in [1.807, 2.05) is 31.2 Å². The maximum atomic E-state index is 3.97. The van der Waals surface area contributed by atoms with Crippen molar-refractivity contribution in [1.82, 2.24) is 0 Å². The lowest BCUT2D eigenvalue weighted by Gasteiger charge is -2.02. The molecule has 13 heavy (non-hydrogen) atoms. The molecule has 3 nitrogen and oxygen atoms in total. The van der Waals surface area contributed by atoms with E-state index in [-0.39, 0.29) is 0 Å². The van der Waals surface area contributed by atoms with Crippen molar-refractivity contribution >= 4 is 18.1 Å². The zero-order chi connectivity index (χ0) is 9.52. The van der Waals surface area contributed by atoms with Gasteiger partial charge in [-0.15, -0.1) is 0 Å². The van der Waals surface area contributed by atoms with E-state index in [1.54, 1.807) is 19.5 Å². The lowest BCUT2D eigenvalue weighted by atomic mass is 10.2. The van der Waals surface area contributed by atoms with Crippen LogP contribution in [0.3, 0.4) is 0 Å². The Morgan fingerprint density at radius 2 is 2.00 bits per heavy atom. The Kier molecular flexibility index (Phi) is 3.70. The monoisotopic (exact) mass is 175 g/mol. The number of hydrogen-bond acceptors (Lipinski definition) is 3. The number of benzene rings is 1. The Morgan fingerprint density at radius 1 is 1.23 bits per heavy atom. The minimum Gasteiger partial charge on any atom is -0.295 e. The summed E-state index contributed by atoms with van der Waals surface area (Å²) >= 11 is 0. The molecule has 1 N–H and O–H groups in total. The zero-order valence-corrected chi connectivity index (χ0v) is 7.86. The molecule has 0 aliphatic carbocycles. The molecule has 0 aliphatic rings. The highest BCUT2D eigenvalue weighted by Gasteiger charge is 1.91. The van der Waals surface area contributed by atoms with Crippen LogP contribution >= 0.6 is 0 Å². The highest BCUT2D eigenvalue weighted by atomic mass is 15.3. The van der Waals surface area contributed by atoms with Crippen molar-refractivity contribution in [2.45, 2.75) is 6.92 Å². The van der Waals surface area contributed by atoms with E-state index in [0.29, 0.717) is 0 Å². The predicted molar refractivity (Wildman–Crippen MR) is 57.7 cm³/mol. The second kappa shape index (κ2) is 5.09. The summed E-state index contributed by atoms with van der Waals surface area (Å²) < 4.78 is 0. The van der Waals surface area contributed by atoms with Gasteiger partial charge in [-0.1, -0.05) is 18.2 Å². The maximum absolute atomic E-state index is 3.97. The number of hydrazone groups is 1. The van der Waals surface area contributed by atoms with Gasteiger partial charge in [-0.25, -0.2) is 0 Å². The molecule has 0 aliphatic heterocycles. The molecule has 1 aromatic carbocycles. The Labute approximate surface area is 78.2 Å². The van der Waals surface area contributed by atoms with Crippen LogP contribution in [-0.4, -0.2) is 19.5 Å². The van der Waals surface area contributed by atoms with Crippen LogP contribution in [-0.2, 0) is 0 Å². The predicted octanol–water partition coefficient (Wildman–Crippen LogP) is 2.09. The van der Waals surface area contributed by atoms with Crippen molar-refractivity contribution in [1.29, 1.82) is 0 Å². The van der Waals surface area contributed by atoms with Gasteiger partial charge < -0.3 is 0 Å². The second-order valence-electron chi connectivity index (χ2n) is 2.61. The number of nitrogens with one attached hydrogen (secondary N) is 1. The Bertz CT molecular complexity index is 316. The topological polar surface area (TPSA) is 36.8 Å². The number of rotatable bonds is 3. The third-order valence-corrected chi connectivity index (χ3v) is 1.62. The normalized spacial score (nSPS) is 11.2. The number of aryl methyl sites for hydroxylation is 1. The van der Waals surface area contributed by atoms with Gasteiger partial charge in [-0.05, 0) is 18.6 Å². The Balaban J connectivity index is 2.59. The van der Waals surface area contributed by atoms with Gasteiger partial charge in [0.05, 0.1) is 11.9 Å². The molecule has 0 saturated carbocycles. The van der Waals surface area contributed by atoms with Crippen LogP contribution in [0.15, 0.2) is 34.4 Å². The SMILES string of the molecule is C/N=C\C=N/Nc1ccccc1C. The van der Waals surface area contributed by atoms with E-state index >= 15 is 0 Å². The first kappa shape index (κ1) is 9.45. The molecule has 3 heteroatoms. The molecule has 0 spiro atoms. The smallest absolute Gasteiger partial charge is 0.0650 e. The summed E-state index contributed by atoms with van der Waals surface area (Å²) in [5.41, 5.74) is 5.12. The summed E-state index contributed by atoms with van der Waals surface area (Å²) in [4.78, 5) is 3.77. The van der Waals surface area contributed by atoms with Crippen LogP contribution in [0.1, 0.15) is 5.56 Å². The quantitative estimate of drug-likeness (QED) is 0.554. The van der Waals surface area contributed by atoms with E-state index in [2.05, 4.69) is 15.5 Å². The molecule has 0 unspecified atom stereocenters. The number of aliphatic imine (C=N–C) groups is 1. The first-order chi connectivity index (χ1) is 6.34. The van der Waals surface area contributed by atoms with Gasteiger partial charge in [0.15, 0.2) is 0 Å². The van der Waals surface area contributed by atoms with Gasteiger partial charge in [0.25, 0.3) is 0 Å². The van der Waals surface area contributed by atoms with Crippen LogP contribution in [0, 0.1) is 6.92 Å². The molecule has 0 saturated heterocycles. The fraction of sp³-hybridized carbons (Fsp3) is 0.200. The van der Waals surface area contributed by atoms with Gasteiger partial charge >= 0.3 is 0 Å². The van der Waals surface area contributed by atoms with Crippen molar-refractivity contribution in [2.75, 3.05) is 12.5 Å². The molecule has 0 aromatic heterocycles. The molecular formula is C10H13N3. The maximum Gasteiger partial charge on any atom is 0.0650 e. The fourth-order valence-corrected chi connectivity index (χ4v) is 0.905. The third kappa shape index (κ3) is 3.07. The Hall–Kier alpha value is -1.64. The van der Waals surface area contributed by atoms with Gasteiger partial charge in [-0.3, -0.25) is 10.4 Å². The average molecular weight is 175 g/mol. The summed E-state index contributed by atoms with van der Waals surface area (Å²) in [6.07, 6.45) is 3.25. The summed E-state index contributed by atoms with van der Waals surface area (Å²) in [6.45, 7) is 2.03. The van der Waals surface area contributed by atoms with Crippen LogP contribution in [0.5, 0.6) is 0 Å². The molecule has 0 fully saturated rings. The average Bonchev–Trinajstić information content (AvgIpc) is 2.15. The van der Waals surface area contributed by atoms with Crippen LogP contribution in [0.25, 0.3) is 0 Å². The van der Waals surface area contributed by atoms with Crippen molar-refractivity contribution in [2.24, 2.45) is 10.1 Å².